The quantitative estimate of drug-likeness (QED) is 0.428. The van der Waals surface area contributed by atoms with Crippen LogP contribution in [-0.2, 0) is 19.3 Å². The van der Waals surface area contributed by atoms with Gasteiger partial charge in [-0.15, -0.1) is 0 Å². The van der Waals surface area contributed by atoms with Crippen LogP contribution in [0.2, 0.25) is 0 Å². The number of aliphatic hydroxyl groups excluding tert-OH is 1. The van der Waals surface area contributed by atoms with Gasteiger partial charge in [-0.3, -0.25) is 0 Å². The summed E-state index contributed by atoms with van der Waals surface area (Å²) in [5.74, 6) is -3.18. The Morgan fingerprint density at radius 1 is 1.08 bits per heavy atom. The van der Waals surface area contributed by atoms with Gasteiger partial charge in [0, 0.05) is 30.5 Å². The van der Waals surface area contributed by atoms with E-state index >= 15 is 0 Å². The number of hydrogen-bond donors (Lipinski definition) is 2. The Balaban J connectivity index is 1.35. The van der Waals surface area contributed by atoms with E-state index in [0.717, 1.165) is 24.5 Å². The predicted octanol–water partition coefficient (Wildman–Crippen LogP) is 2.37. The fourth-order valence-electron chi connectivity index (χ4n) is 4.32. The summed E-state index contributed by atoms with van der Waals surface area (Å²) in [4.78, 5) is 6.96. The number of sulfone groups is 1. The number of aliphatic hydroxyl groups is 1. The van der Waals surface area contributed by atoms with Gasteiger partial charge in [0.1, 0.15) is 51.2 Å². The van der Waals surface area contributed by atoms with Gasteiger partial charge in [-0.2, -0.15) is 0 Å². The van der Waals surface area contributed by atoms with Crippen LogP contribution in [0.5, 0.6) is 11.6 Å². The number of pyridine rings is 1. The molecule has 2 saturated heterocycles. The zero-order chi connectivity index (χ0) is 25.6. The number of nitrogens with one attached hydrogen (secondary N) is 1. The smallest absolute Gasteiger partial charge is 0.193 e. The third-order valence-electron chi connectivity index (χ3n) is 5.97. The normalized spacial score (nSPS) is 23.8. The highest BCUT2D eigenvalue weighted by Gasteiger charge is 2.48. The average Bonchev–Trinajstić information content (AvgIpc) is 3.47. The number of aromatic amines is 1. The second kappa shape index (κ2) is 9.54. The minimum absolute atomic E-state index is 0.0619. The van der Waals surface area contributed by atoms with Gasteiger partial charge in [-0.05, 0) is 6.42 Å². The maximum atomic E-state index is 14.8. The number of benzene rings is 1. The summed E-state index contributed by atoms with van der Waals surface area (Å²) in [6.45, 7) is 0.265. The lowest BCUT2D eigenvalue weighted by atomic mass is 10.1. The standard InChI is InChI=1S/C23H23F3N2O7S/c1-36(30,31)4-2-3-32-11-5-12(24)20(13(25)6-11)21-14(26)7-15-16(28-21)8-19(27-15)35-18-10-34-22-17(29)9-33-23(18)22/h5-8,17-18,22-23,27,29H,2-4,9-10H2,1H3/t17-,18-,22-,23-/m1/s1. The molecule has 0 amide bonds. The second-order valence-electron chi connectivity index (χ2n) is 8.80. The molecule has 2 aromatic heterocycles. The van der Waals surface area contributed by atoms with Crippen molar-refractivity contribution in [3.63, 3.8) is 0 Å². The molecule has 2 N–H and O–H groups in total. The summed E-state index contributed by atoms with van der Waals surface area (Å²) < 4.78 is 88.9. The van der Waals surface area contributed by atoms with Crippen molar-refractivity contribution in [3.8, 4) is 22.9 Å². The molecule has 4 atom stereocenters. The number of nitrogens with zero attached hydrogens (tertiary/aromatic N) is 1. The average molecular weight is 529 g/mol. The van der Waals surface area contributed by atoms with Crippen LogP contribution in [-0.4, -0.2) is 79.7 Å². The molecule has 0 saturated carbocycles. The van der Waals surface area contributed by atoms with E-state index in [9.17, 15) is 26.7 Å². The first-order valence-corrected chi connectivity index (χ1v) is 13.2. The van der Waals surface area contributed by atoms with Crippen molar-refractivity contribution in [2.75, 3.05) is 31.8 Å². The van der Waals surface area contributed by atoms with E-state index in [-0.39, 0.29) is 54.7 Å². The van der Waals surface area contributed by atoms with E-state index < -0.39 is 63.0 Å². The van der Waals surface area contributed by atoms with Gasteiger partial charge in [0.15, 0.2) is 17.8 Å². The molecule has 194 valence electrons. The Labute approximate surface area is 204 Å². The molecular formula is C23H23F3N2O7S. The highest BCUT2D eigenvalue weighted by molar-refractivity contribution is 7.90. The van der Waals surface area contributed by atoms with E-state index in [2.05, 4.69) is 9.97 Å². The van der Waals surface area contributed by atoms with Crippen molar-refractivity contribution in [2.45, 2.75) is 30.8 Å². The molecule has 0 bridgehead atoms. The summed E-state index contributed by atoms with van der Waals surface area (Å²) in [6.07, 6.45) is -0.966. The summed E-state index contributed by atoms with van der Waals surface area (Å²) >= 11 is 0. The molecule has 0 spiro atoms. The monoisotopic (exact) mass is 528 g/mol. The molecule has 3 aromatic rings. The van der Waals surface area contributed by atoms with Gasteiger partial charge >= 0.3 is 0 Å². The number of rotatable bonds is 8. The van der Waals surface area contributed by atoms with Crippen molar-refractivity contribution in [3.05, 3.63) is 41.7 Å². The summed E-state index contributed by atoms with van der Waals surface area (Å²) in [6, 6.07) is 4.31. The second-order valence-corrected chi connectivity index (χ2v) is 11.1. The Morgan fingerprint density at radius 2 is 1.81 bits per heavy atom. The van der Waals surface area contributed by atoms with Crippen LogP contribution < -0.4 is 9.47 Å². The molecule has 0 unspecified atom stereocenters. The zero-order valence-corrected chi connectivity index (χ0v) is 19.9. The van der Waals surface area contributed by atoms with Crippen LogP contribution in [0.4, 0.5) is 13.2 Å². The van der Waals surface area contributed by atoms with Gasteiger partial charge in [-0.1, -0.05) is 0 Å². The zero-order valence-electron chi connectivity index (χ0n) is 19.0. The maximum absolute atomic E-state index is 14.8. The molecule has 36 heavy (non-hydrogen) atoms. The first kappa shape index (κ1) is 24.8. The van der Waals surface area contributed by atoms with E-state index in [4.69, 9.17) is 18.9 Å². The minimum atomic E-state index is -3.18. The van der Waals surface area contributed by atoms with Crippen molar-refractivity contribution in [1.82, 2.24) is 9.97 Å². The number of H-pyrrole nitrogens is 1. The molecule has 13 heteroatoms. The van der Waals surface area contributed by atoms with Gasteiger partial charge in [0.05, 0.1) is 42.2 Å². The van der Waals surface area contributed by atoms with E-state index in [1.165, 1.54) is 6.07 Å². The van der Waals surface area contributed by atoms with Gasteiger partial charge in [-0.25, -0.2) is 26.6 Å². The summed E-state index contributed by atoms with van der Waals surface area (Å²) in [5, 5.41) is 9.86. The Bertz CT molecular complexity index is 1370. The molecule has 2 aliphatic heterocycles. The first-order valence-electron chi connectivity index (χ1n) is 11.2. The fraction of sp³-hybridized carbons (Fsp3) is 0.435. The molecule has 9 nitrogen and oxygen atoms in total. The van der Waals surface area contributed by atoms with Gasteiger partial charge in [0.25, 0.3) is 0 Å². The van der Waals surface area contributed by atoms with Crippen LogP contribution in [0, 0.1) is 17.5 Å². The Hall–Kier alpha value is -2.87. The predicted molar refractivity (Wildman–Crippen MR) is 121 cm³/mol. The van der Waals surface area contributed by atoms with Crippen LogP contribution in [0.25, 0.3) is 22.3 Å². The van der Waals surface area contributed by atoms with E-state index in [0.29, 0.717) is 0 Å². The molecule has 2 fully saturated rings. The summed E-state index contributed by atoms with van der Waals surface area (Å²) in [7, 11) is -3.18. The minimum Gasteiger partial charge on any atom is -0.493 e. The first-order chi connectivity index (χ1) is 17.1. The third-order valence-corrected chi connectivity index (χ3v) is 7.00. The largest absolute Gasteiger partial charge is 0.493 e. The molecule has 2 aliphatic rings. The van der Waals surface area contributed by atoms with Crippen LogP contribution >= 0.6 is 0 Å². The highest BCUT2D eigenvalue weighted by Crippen LogP contribution is 2.34. The van der Waals surface area contributed by atoms with E-state index in [1.807, 2.05) is 0 Å². The van der Waals surface area contributed by atoms with Crippen LogP contribution in [0.15, 0.2) is 24.3 Å². The fourth-order valence-corrected chi connectivity index (χ4v) is 4.97. The highest BCUT2D eigenvalue weighted by atomic mass is 32.2. The molecule has 0 aliphatic carbocycles. The van der Waals surface area contributed by atoms with Crippen molar-refractivity contribution < 1.29 is 45.6 Å². The SMILES string of the molecule is CS(=O)(=O)CCCOc1cc(F)c(-c2nc3cc(O[C@@H]4CO[C@H]5[C@@H]4OC[C@H]5O)[nH]c3cc2F)c(F)c1. The Kier molecular flexibility index (Phi) is 6.57. The number of aromatic nitrogens is 2. The number of ether oxygens (including phenoxy) is 4. The molecular weight excluding hydrogens is 505 g/mol. The van der Waals surface area contributed by atoms with Gasteiger partial charge in [0.2, 0.25) is 0 Å². The third kappa shape index (κ3) is 5.01. The lowest BCUT2D eigenvalue weighted by Crippen LogP contribution is -2.34. The van der Waals surface area contributed by atoms with E-state index in [1.54, 1.807) is 0 Å². The number of fused-ring (bicyclic) bond motifs is 2. The van der Waals surface area contributed by atoms with Crippen molar-refractivity contribution >= 4 is 20.9 Å². The molecule has 0 radical (unpaired) electrons. The van der Waals surface area contributed by atoms with Crippen molar-refractivity contribution in [1.29, 1.82) is 0 Å². The maximum Gasteiger partial charge on any atom is 0.193 e. The lowest BCUT2D eigenvalue weighted by Gasteiger charge is -2.16. The van der Waals surface area contributed by atoms with Crippen molar-refractivity contribution in [2.24, 2.45) is 0 Å². The van der Waals surface area contributed by atoms with Crippen LogP contribution in [0.1, 0.15) is 6.42 Å². The van der Waals surface area contributed by atoms with Crippen LogP contribution in [0.3, 0.4) is 0 Å². The Morgan fingerprint density at radius 3 is 2.53 bits per heavy atom. The lowest BCUT2D eigenvalue weighted by molar-refractivity contribution is 0.00794. The summed E-state index contributed by atoms with van der Waals surface area (Å²) in [5.41, 5.74) is -0.731. The molecule has 4 heterocycles. The number of hydrogen-bond acceptors (Lipinski definition) is 8. The molecule has 1 aromatic carbocycles. The molecule has 5 rings (SSSR count). The topological polar surface area (TPSA) is 120 Å². The van der Waals surface area contributed by atoms with Gasteiger partial charge < -0.3 is 29.0 Å². The number of halogens is 3.